The number of hydrogen-bond donors (Lipinski definition) is 0. The van der Waals surface area contributed by atoms with Crippen LogP contribution in [0.1, 0.15) is 61.6 Å². The van der Waals surface area contributed by atoms with Gasteiger partial charge < -0.3 is 0 Å². The predicted octanol–water partition coefficient (Wildman–Crippen LogP) is 12.7. The van der Waals surface area contributed by atoms with Crippen LogP contribution in [0.4, 0.5) is 31.5 Å². The van der Waals surface area contributed by atoms with Crippen LogP contribution >= 0.6 is 40.4 Å². The van der Waals surface area contributed by atoms with E-state index in [-0.39, 0.29) is 37.9 Å². The molecule has 0 aliphatic heterocycles. The summed E-state index contributed by atoms with van der Waals surface area (Å²) in [5.41, 5.74) is 10.4. The van der Waals surface area contributed by atoms with Crippen molar-refractivity contribution >= 4 is 86.0 Å². The number of hydrogen-bond acceptors (Lipinski definition) is 6. The van der Waals surface area contributed by atoms with E-state index in [0.29, 0.717) is 11.4 Å². The van der Waals surface area contributed by atoms with E-state index in [4.69, 9.17) is 60.3 Å². The third kappa shape index (κ3) is 13.6. The normalized spacial score (nSPS) is 12.2. The molecule has 0 fully saturated rings. The Labute approximate surface area is 332 Å². The Morgan fingerprint density at radius 3 is 1.06 bits per heavy atom. The Kier molecular flexibility index (Phi) is 18.3. The number of nitrogens with zero attached hydrogens (tertiary/aromatic N) is 6. The fourth-order valence-electron chi connectivity index (χ4n) is 4.74. The Balaban J connectivity index is 0.00000114. The number of benzene rings is 3. The van der Waals surface area contributed by atoms with Gasteiger partial charge in [0, 0.05) is 0 Å². The first kappa shape index (κ1) is 43.1. The number of aromatic nitrogens is 2. The van der Waals surface area contributed by atoms with Crippen molar-refractivity contribution in [1.29, 1.82) is 0 Å². The molecule has 0 spiro atoms. The van der Waals surface area contributed by atoms with Crippen LogP contribution in [0, 0.1) is 25.5 Å². The molecule has 0 saturated heterocycles. The molecule has 274 valence electrons. The first-order valence-electron chi connectivity index (χ1n) is 15.4. The monoisotopic (exact) mass is 864 g/mol. The summed E-state index contributed by atoms with van der Waals surface area (Å²) >= 11 is 0.389. The fourth-order valence-corrected chi connectivity index (χ4v) is 4.74. The van der Waals surface area contributed by atoms with Gasteiger partial charge in [-0.3, -0.25) is 20.0 Å². The number of halogens is 6. The van der Waals surface area contributed by atoms with Crippen molar-refractivity contribution in [3.05, 3.63) is 143 Å². The minimum atomic E-state index is -0.283. The molecule has 5 aromatic rings. The molecule has 0 atom stereocenters. The average molecular weight is 866 g/mol. The standard InChI is InChI=1S/C38H34F2N6.4ClH.2Fe/c1-23-21-29(39)13-19-33(23)43-27(5)37-11-7-9-35(45-37)25(3)41-31-15-17-32(18-16-31)42-26(4)36-10-8-12-38(46-36)28(6)44-34-20-14-30(40)22-24(34)2;;;;;;/h7-22H,1-6H3;4*1H;;/q;;;;;2*+2/p-4. The zero-order chi connectivity index (χ0) is 38.2. The summed E-state index contributed by atoms with van der Waals surface area (Å²) in [7, 11) is 19.1. The van der Waals surface area contributed by atoms with E-state index in [2.05, 4.69) is 9.98 Å². The maximum atomic E-state index is 13.5. The molecule has 3 aromatic carbocycles. The van der Waals surface area contributed by atoms with E-state index < -0.39 is 0 Å². The summed E-state index contributed by atoms with van der Waals surface area (Å²) in [5, 5.41) is 0. The van der Waals surface area contributed by atoms with E-state index >= 15 is 0 Å². The van der Waals surface area contributed by atoms with E-state index in [1.165, 1.54) is 24.3 Å². The SMILES string of the molecule is CC(=Nc1ccc(N=C(C)c2cccc(C(C)=Nc3ccc(F)cc3C)n2)cc1)c1cccc(C(C)=Nc2ccc(F)cc2C)n1.[Cl][Fe][Cl].[Cl][Fe][Cl]. The zero-order valence-corrected chi connectivity index (χ0v) is 34.1. The van der Waals surface area contributed by atoms with Gasteiger partial charge in [0.25, 0.3) is 0 Å². The third-order valence-electron chi connectivity index (χ3n) is 7.32. The summed E-state index contributed by atoms with van der Waals surface area (Å²) in [4.78, 5) is 28.4. The number of aliphatic imine (C=N–C) groups is 4. The molecule has 0 amide bonds. The molecule has 0 N–H and O–H groups in total. The van der Waals surface area contributed by atoms with Gasteiger partial charge in [-0.1, -0.05) is 12.1 Å². The third-order valence-corrected chi connectivity index (χ3v) is 7.32. The van der Waals surface area contributed by atoms with Crippen molar-refractivity contribution in [1.82, 2.24) is 9.97 Å². The first-order valence-corrected chi connectivity index (χ1v) is 21.5. The molecule has 52 heavy (non-hydrogen) atoms. The molecule has 0 unspecified atom stereocenters. The molecular weight excluding hydrogens is 832 g/mol. The molecular formula is C38H34Cl4F2Fe2N6. The molecule has 0 aliphatic rings. The van der Waals surface area contributed by atoms with Gasteiger partial charge in [-0.15, -0.1) is 0 Å². The second-order valence-corrected chi connectivity index (χ2v) is 14.7. The van der Waals surface area contributed by atoms with Crippen molar-refractivity contribution in [2.75, 3.05) is 0 Å². The molecule has 0 saturated carbocycles. The predicted molar refractivity (Wildman–Crippen MR) is 208 cm³/mol. The van der Waals surface area contributed by atoms with Crippen LogP contribution < -0.4 is 0 Å². The fraction of sp³-hybridized carbons (Fsp3) is 0.158. The van der Waals surface area contributed by atoms with Crippen LogP contribution in [0.5, 0.6) is 0 Å². The van der Waals surface area contributed by atoms with E-state index in [9.17, 15) is 8.78 Å². The first-order chi connectivity index (χ1) is 24.9. The van der Waals surface area contributed by atoms with Crippen molar-refractivity contribution in [2.24, 2.45) is 20.0 Å². The number of aryl methyl sites for hydroxylation is 2. The van der Waals surface area contributed by atoms with Gasteiger partial charge in [-0.25, -0.2) is 18.7 Å². The second kappa shape index (κ2) is 22.0. The van der Waals surface area contributed by atoms with Crippen molar-refractivity contribution in [3.8, 4) is 0 Å². The Bertz CT molecular complexity index is 1940. The van der Waals surface area contributed by atoms with Crippen LogP contribution in [0.25, 0.3) is 0 Å². The van der Waals surface area contributed by atoms with Gasteiger partial charge in [-0.2, -0.15) is 0 Å². The van der Waals surface area contributed by atoms with Crippen molar-refractivity contribution in [3.63, 3.8) is 0 Å². The van der Waals surface area contributed by atoms with Gasteiger partial charge in [0.15, 0.2) is 0 Å². The number of pyridine rings is 2. The van der Waals surface area contributed by atoms with Crippen molar-refractivity contribution in [2.45, 2.75) is 41.5 Å². The molecule has 14 heteroatoms. The zero-order valence-electron chi connectivity index (χ0n) is 28.9. The van der Waals surface area contributed by atoms with E-state index in [1.54, 1.807) is 12.1 Å². The Morgan fingerprint density at radius 2 is 0.769 bits per heavy atom. The maximum absolute atomic E-state index is 13.5. The summed E-state index contributed by atoms with van der Waals surface area (Å²) in [6, 6.07) is 28.2. The van der Waals surface area contributed by atoms with Gasteiger partial charge in [0.2, 0.25) is 0 Å². The van der Waals surface area contributed by atoms with E-state index in [0.717, 1.165) is 68.1 Å². The van der Waals surface area contributed by atoms with Crippen LogP contribution in [-0.4, -0.2) is 32.8 Å². The Morgan fingerprint density at radius 1 is 0.481 bits per heavy atom. The number of rotatable bonds is 8. The van der Waals surface area contributed by atoms with Gasteiger partial charge >= 0.3 is 66.7 Å². The van der Waals surface area contributed by atoms with Crippen LogP contribution in [0.3, 0.4) is 0 Å². The summed E-state index contributed by atoms with van der Waals surface area (Å²) in [6.45, 7) is 11.3. The van der Waals surface area contributed by atoms with Gasteiger partial charge in [-0.05, 0) is 138 Å². The van der Waals surface area contributed by atoms with Gasteiger partial charge in [0.1, 0.15) is 11.6 Å². The molecule has 6 nitrogen and oxygen atoms in total. The summed E-state index contributed by atoms with van der Waals surface area (Å²) < 4.78 is 27.0. The van der Waals surface area contributed by atoms with Crippen molar-refractivity contribution < 1.29 is 35.0 Å². The molecule has 0 bridgehead atoms. The Hall–Kier alpha value is -3.30. The van der Waals surface area contributed by atoms with E-state index in [1.807, 2.05) is 102 Å². The minimum absolute atomic E-state index is 0.194. The van der Waals surface area contributed by atoms with Crippen LogP contribution in [0.2, 0.25) is 0 Å². The summed E-state index contributed by atoms with van der Waals surface area (Å²) in [5.74, 6) is -0.565. The molecule has 5 rings (SSSR count). The quantitative estimate of drug-likeness (QED) is 0.115. The molecule has 0 aliphatic carbocycles. The van der Waals surface area contributed by atoms with Crippen LogP contribution in [0.15, 0.2) is 117 Å². The summed E-state index contributed by atoms with van der Waals surface area (Å²) in [6.07, 6.45) is 0. The molecule has 2 heterocycles. The molecule has 0 radical (unpaired) electrons. The van der Waals surface area contributed by atoms with Gasteiger partial charge in [0.05, 0.1) is 68.4 Å². The second-order valence-electron chi connectivity index (χ2n) is 11.1. The molecule has 2 aromatic heterocycles. The average Bonchev–Trinajstić information content (AvgIpc) is 3.12. The van der Waals surface area contributed by atoms with Crippen LogP contribution in [-0.2, 0) is 26.3 Å². The topological polar surface area (TPSA) is 75.2 Å².